The Balaban J connectivity index is 1.64. The molecule has 2 N–H and O–H groups in total. The molecule has 3 rings (SSSR count). The zero-order valence-electron chi connectivity index (χ0n) is 15.4. The molecule has 1 atom stereocenters. The number of hydrogen-bond donors (Lipinski definition) is 2. The van der Waals surface area contributed by atoms with Gasteiger partial charge in [0.1, 0.15) is 5.00 Å². The molecule has 0 spiro atoms. The van der Waals surface area contributed by atoms with Crippen molar-refractivity contribution in [2.45, 2.75) is 32.6 Å². The average molecular weight is 423 g/mol. The molecule has 4 nitrogen and oxygen atoms in total. The van der Waals surface area contributed by atoms with E-state index >= 15 is 0 Å². The third-order valence-corrected chi connectivity index (χ3v) is 6.41. The van der Waals surface area contributed by atoms with Crippen LogP contribution in [0.2, 0.25) is 5.02 Å². The van der Waals surface area contributed by atoms with Crippen molar-refractivity contribution in [1.82, 2.24) is 5.32 Å². The number of halogens is 1. The largest absolute Gasteiger partial charge is 0.465 e. The molecule has 0 saturated heterocycles. The fourth-order valence-corrected chi connectivity index (χ4v) is 5.07. The monoisotopic (exact) mass is 422 g/mol. The number of anilines is 1. The minimum absolute atomic E-state index is 0.298. The summed E-state index contributed by atoms with van der Waals surface area (Å²) in [6.07, 6.45) is 3.84. The van der Waals surface area contributed by atoms with Crippen LogP contribution in [-0.4, -0.2) is 24.7 Å². The maximum absolute atomic E-state index is 12.3. The average Bonchev–Trinajstić information content (AvgIpc) is 2.99. The molecule has 0 radical (unpaired) electrons. The molecule has 0 amide bonds. The summed E-state index contributed by atoms with van der Waals surface area (Å²) in [5, 5.41) is 8.45. The number of benzene rings is 1. The van der Waals surface area contributed by atoms with Crippen molar-refractivity contribution in [3.8, 4) is 0 Å². The number of esters is 1. The first-order chi connectivity index (χ1) is 13.0. The molecular formula is C20H23ClN2O2S2. The molecule has 0 saturated carbocycles. The topological polar surface area (TPSA) is 50.4 Å². The highest BCUT2D eigenvalue weighted by molar-refractivity contribution is 7.80. The molecule has 7 heteroatoms. The molecule has 1 aliphatic rings. The molecular weight excluding hydrogens is 400 g/mol. The number of hydrogen-bond acceptors (Lipinski definition) is 4. The van der Waals surface area contributed by atoms with Gasteiger partial charge in [-0.1, -0.05) is 30.7 Å². The first-order valence-electron chi connectivity index (χ1n) is 9.00. The zero-order valence-corrected chi connectivity index (χ0v) is 17.8. The number of fused-ring (bicyclic) bond motifs is 1. The first kappa shape index (κ1) is 20.1. The number of carbonyl (C=O) groups is 1. The van der Waals surface area contributed by atoms with Crippen LogP contribution in [0, 0.1) is 5.92 Å². The van der Waals surface area contributed by atoms with E-state index in [4.69, 9.17) is 28.6 Å². The minimum atomic E-state index is -0.298. The summed E-state index contributed by atoms with van der Waals surface area (Å²) >= 11 is 13.0. The van der Waals surface area contributed by atoms with Crippen LogP contribution in [0.3, 0.4) is 0 Å². The Morgan fingerprint density at radius 3 is 2.81 bits per heavy atom. The minimum Gasteiger partial charge on any atom is -0.465 e. The van der Waals surface area contributed by atoms with E-state index < -0.39 is 0 Å². The van der Waals surface area contributed by atoms with Gasteiger partial charge in [0.05, 0.1) is 12.7 Å². The lowest BCUT2D eigenvalue weighted by Crippen LogP contribution is -2.30. The van der Waals surface area contributed by atoms with Gasteiger partial charge in [0.15, 0.2) is 5.11 Å². The van der Waals surface area contributed by atoms with Crippen molar-refractivity contribution >= 4 is 51.2 Å². The van der Waals surface area contributed by atoms with Crippen LogP contribution in [0.15, 0.2) is 24.3 Å². The molecule has 1 aliphatic carbocycles. The summed E-state index contributed by atoms with van der Waals surface area (Å²) in [7, 11) is 1.42. The molecule has 1 aromatic heterocycles. The van der Waals surface area contributed by atoms with Crippen LogP contribution in [-0.2, 0) is 24.0 Å². The molecule has 2 aromatic rings. The van der Waals surface area contributed by atoms with Crippen LogP contribution in [0.5, 0.6) is 0 Å². The van der Waals surface area contributed by atoms with Crippen molar-refractivity contribution in [2.75, 3.05) is 19.0 Å². The molecule has 144 valence electrons. The van der Waals surface area contributed by atoms with Gasteiger partial charge in [0, 0.05) is 16.4 Å². The fourth-order valence-electron chi connectivity index (χ4n) is 3.28. The molecule has 27 heavy (non-hydrogen) atoms. The Labute approximate surface area is 174 Å². The lowest BCUT2D eigenvalue weighted by Gasteiger charge is -2.18. The van der Waals surface area contributed by atoms with Gasteiger partial charge in [-0.15, -0.1) is 11.3 Å². The number of thiocarbonyl (C=S) groups is 1. The quantitative estimate of drug-likeness (QED) is 0.533. The van der Waals surface area contributed by atoms with Crippen LogP contribution >= 0.6 is 35.2 Å². The number of rotatable bonds is 5. The van der Waals surface area contributed by atoms with E-state index in [0.29, 0.717) is 23.1 Å². The van der Waals surface area contributed by atoms with E-state index in [-0.39, 0.29) is 5.97 Å². The Morgan fingerprint density at radius 2 is 2.11 bits per heavy atom. The summed E-state index contributed by atoms with van der Waals surface area (Å²) < 4.78 is 5.01. The summed E-state index contributed by atoms with van der Waals surface area (Å²) in [5.74, 6) is 0.340. The maximum Gasteiger partial charge on any atom is 0.341 e. The summed E-state index contributed by atoms with van der Waals surface area (Å²) in [4.78, 5) is 13.6. The number of methoxy groups -OCH3 is 1. The molecule has 0 bridgehead atoms. The van der Waals surface area contributed by atoms with E-state index in [2.05, 4.69) is 17.6 Å². The normalized spacial score (nSPS) is 15.7. The first-order valence-corrected chi connectivity index (χ1v) is 10.6. The highest BCUT2D eigenvalue weighted by Gasteiger charge is 2.28. The second-order valence-corrected chi connectivity index (χ2v) is 8.75. The van der Waals surface area contributed by atoms with E-state index in [9.17, 15) is 4.79 Å². The van der Waals surface area contributed by atoms with Crippen molar-refractivity contribution in [3.05, 3.63) is 50.9 Å². The van der Waals surface area contributed by atoms with E-state index in [1.54, 1.807) is 11.3 Å². The molecule has 1 heterocycles. The smallest absolute Gasteiger partial charge is 0.341 e. The summed E-state index contributed by atoms with van der Waals surface area (Å²) in [6.45, 7) is 2.94. The maximum atomic E-state index is 12.3. The molecule has 1 unspecified atom stereocenters. The third kappa shape index (κ3) is 5.00. The third-order valence-electron chi connectivity index (χ3n) is 4.74. The number of nitrogens with one attached hydrogen (secondary N) is 2. The Bertz CT molecular complexity index is 833. The Morgan fingerprint density at radius 1 is 1.37 bits per heavy atom. The highest BCUT2D eigenvalue weighted by atomic mass is 35.5. The predicted octanol–water partition coefficient (Wildman–Crippen LogP) is 4.84. The van der Waals surface area contributed by atoms with E-state index in [0.717, 1.165) is 41.3 Å². The lowest BCUT2D eigenvalue weighted by atomic mass is 9.88. The molecule has 0 fully saturated rings. The number of carbonyl (C=O) groups excluding carboxylic acids is 1. The second kappa shape index (κ2) is 9.04. The fraction of sp³-hybridized carbons (Fsp3) is 0.400. The highest BCUT2D eigenvalue weighted by Crippen LogP contribution is 2.39. The standard InChI is InChI=1S/C20H23ClN2O2S2/c1-12-3-8-15-16(11-12)27-18(17(15)19(24)25-2)23-20(26)22-10-9-13-4-6-14(21)7-5-13/h4-7,12H,3,8-11H2,1-2H3,(H2,22,23,26). The Kier molecular flexibility index (Phi) is 6.73. The van der Waals surface area contributed by atoms with Gasteiger partial charge < -0.3 is 15.4 Å². The lowest BCUT2D eigenvalue weighted by molar-refractivity contribution is 0.0601. The zero-order chi connectivity index (χ0) is 19.4. The van der Waals surface area contributed by atoms with Crippen LogP contribution in [0.25, 0.3) is 0 Å². The van der Waals surface area contributed by atoms with Crippen LogP contribution in [0.1, 0.15) is 39.7 Å². The van der Waals surface area contributed by atoms with Gasteiger partial charge in [-0.2, -0.15) is 0 Å². The number of thiophene rings is 1. The van der Waals surface area contributed by atoms with E-state index in [1.165, 1.54) is 17.6 Å². The van der Waals surface area contributed by atoms with Crippen LogP contribution in [0.4, 0.5) is 5.00 Å². The van der Waals surface area contributed by atoms with Crippen molar-refractivity contribution in [2.24, 2.45) is 5.92 Å². The predicted molar refractivity (Wildman–Crippen MR) is 116 cm³/mol. The van der Waals surface area contributed by atoms with E-state index in [1.807, 2.05) is 24.3 Å². The Hall–Kier alpha value is -1.63. The second-order valence-electron chi connectivity index (χ2n) is 6.80. The van der Waals surface area contributed by atoms with Gasteiger partial charge in [-0.3, -0.25) is 0 Å². The van der Waals surface area contributed by atoms with Gasteiger partial charge >= 0.3 is 5.97 Å². The molecule has 0 aliphatic heterocycles. The number of ether oxygens (including phenoxy) is 1. The van der Waals surface area contributed by atoms with Crippen molar-refractivity contribution in [3.63, 3.8) is 0 Å². The molecule has 1 aromatic carbocycles. The van der Waals surface area contributed by atoms with Gasteiger partial charge in [0.25, 0.3) is 0 Å². The van der Waals surface area contributed by atoms with Gasteiger partial charge in [-0.25, -0.2) is 4.79 Å². The van der Waals surface area contributed by atoms with Crippen molar-refractivity contribution < 1.29 is 9.53 Å². The summed E-state index contributed by atoms with van der Waals surface area (Å²) in [6, 6.07) is 7.77. The van der Waals surface area contributed by atoms with Crippen LogP contribution < -0.4 is 10.6 Å². The summed E-state index contributed by atoms with van der Waals surface area (Å²) in [5.41, 5.74) is 2.95. The van der Waals surface area contributed by atoms with Gasteiger partial charge in [0.2, 0.25) is 0 Å². The van der Waals surface area contributed by atoms with Gasteiger partial charge in [-0.05, 0) is 67.1 Å². The van der Waals surface area contributed by atoms with Crippen molar-refractivity contribution in [1.29, 1.82) is 0 Å². The SMILES string of the molecule is COC(=O)c1c(NC(=S)NCCc2ccc(Cl)cc2)sc2c1CCC(C)C2.